The molecule has 0 bridgehead atoms. The van der Waals surface area contributed by atoms with E-state index in [0.717, 1.165) is 24.1 Å². The molecule has 0 spiro atoms. The summed E-state index contributed by atoms with van der Waals surface area (Å²) in [7, 11) is 2.57. The SMILES string of the molecule is CCC(C)(Pc1ccc(C)cc1CNC)c1cc(-c2ccccc2)ccc1O. The van der Waals surface area contributed by atoms with Gasteiger partial charge in [0.2, 0.25) is 0 Å². The van der Waals surface area contributed by atoms with Crippen LogP contribution in [0.1, 0.15) is 37.0 Å². The molecule has 0 saturated carbocycles. The highest BCUT2D eigenvalue weighted by atomic mass is 31.1. The van der Waals surface area contributed by atoms with E-state index >= 15 is 0 Å². The van der Waals surface area contributed by atoms with Gasteiger partial charge in [-0.3, -0.25) is 0 Å². The highest BCUT2D eigenvalue weighted by Crippen LogP contribution is 2.48. The number of aromatic hydroxyl groups is 1. The molecular weight excluding hydrogens is 361 g/mol. The zero-order valence-corrected chi connectivity index (χ0v) is 18.2. The second kappa shape index (κ2) is 8.90. The van der Waals surface area contributed by atoms with E-state index < -0.39 is 0 Å². The second-order valence-corrected chi connectivity index (χ2v) is 9.49. The third-order valence-corrected chi connectivity index (χ3v) is 7.38. The van der Waals surface area contributed by atoms with Crippen molar-refractivity contribution in [1.82, 2.24) is 5.32 Å². The second-order valence-electron chi connectivity index (χ2n) is 7.60. The van der Waals surface area contributed by atoms with Gasteiger partial charge in [0.05, 0.1) is 0 Å². The molecule has 2 N–H and O–H groups in total. The minimum atomic E-state index is -0.118. The fraction of sp³-hybridized carbons (Fsp3) is 0.280. The number of aryl methyl sites for hydroxylation is 1. The predicted molar refractivity (Wildman–Crippen MR) is 123 cm³/mol. The Morgan fingerprint density at radius 3 is 2.39 bits per heavy atom. The van der Waals surface area contributed by atoms with Crippen molar-refractivity contribution in [3.63, 3.8) is 0 Å². The molecule has 3 heteroatoms. The van der Waals surface area contributed by atoms with Crippen LogP contribution in [0.25, 0.3) is 11.1 Å². The van der Waals surface area contributed by atoms with Crippen LogP contribution in [0.15, 0.2) is 66.7 Å². The Kier molecular flexibility index (Phi) is 6.54. The van der Waals surface area contributed by atoms with Crippen molar-refractivity contribution in [2.45, 2.75) is 38.9 Å². The largest absolute Gasteiger partial charge is 0.508 e. The molecule has 3 aromatic rings. The molecule has 3 aromatic carbocycles. The summed E-state index contributed by atoms with van der Waals surface area (Å²) in [6.07, 6.45) is 0.962. The van der Waals surface area contributed by atoms with Gasteiger partial charge in [0.15, 0.2) is 0 Å². The van der Waals surface area contributed by atoms with Crippen LogP contribution in [0.2, 0.25) is 0 Å². The molecular formula is C25H30NOP. The molecule has 28 heavy (non-hydrogen) atoms. The van der Waals surface area contributed by atoms with Gasteiger partial charge in [0, 0.05) is 17.3 Å². The van der Waals surface area contributed by atoms with Gasteiger partial charge in [-0.05, 0) is 54.5 Å². The molecule has 0 aliphatic rings. The molecule has 0 saturated heterocycles. The molecule has 3 rings (SSSR count). The van der Waals surface area contributed by atoms with Gasteiger partial charge in [-0.2, -0.15) is 0 Å². The Bertz CT molecular complexity index is 939. The Balaban J connectivity index is 2.03. The van der Waals surface area contributed by atoms with Crippen molar-refractivity contribution in [3.8, 4) is 16.9 Å². The van der Waals surface area contributed by atoms with Gasteiger partial charge >= 0.3 is 0 Å². The highest BCUT2D eigenvalue weighted by Gasteiger charge is 2.29. The molecule has 0 fully saturated rings. The Labute approximate surface area is 170 Å². The number of phenols is 1. The van der Waals surface area contributed by atoms with E-state index in [9.17, 15) is 5.11 Å². The van der Waals surface area contributed by atoms with Crippen molar-refractivity contribution >= 4 is 13.9 Å². The molecule has 0 radical (unpaired) electrons. The monoisotopic (exact) mass is 391 g/mol. The lowest BCUT2D eigenvalue weighted by molar-refractivity contribution is 0.457. The van der Waals surface area contributed by atoms with E-state index in [1.165, 1.54) is 22.0 Å². The minimum absolute atomic E-state index is 0.118. The first-order valence-corrected chi connectivity index (χ1v) is 10.9. The molecule has 2 atom stereocenters. The molecule has 0 aliphatic carbocycles. The van der Waals surface area contributed by atoms with Crippen LogP contribution in [-0.2, 0) is 11.7 Å². The standard InChI is InChI=1S/C25H30NOP/c1-5-25(3,28-24-14-11-18(2)15-21(24)17-26-4)22-16-20(12-13-23(22)27)19-9-7-6-8-10-19/h6-16,26-28H,5,17H2,1-4H3. The van der Waals surface area contributed by atoms with Crippen molar-refractivity contribution in [1.29, 1.82) is 0 Å². The molecule has 2 unspecified atom stereocenters. The molecule has 0 heterocycles. The number of nitrogens with one attached hydrogen (secondary N) is 1. The van der Waals surface area contributed by atoms with Gasteiger partial charge < -0.3 is 10.4 Å². The number of phenolic OH excluding ortho intramolecular Hbond substituents is 1. The number of rotatable bonds is 7. The first kappa shape index (κ1) is 20.6. The van der Waals surface area contributed by atoms with E-state index in [1.807, 2.05) is 25.2 Å². The van der Waals surface area contributed by atoms with E-state index in [4.69, 9.17) is 0 Å². The molecule has 146 valence electrons. The summed E-state index contributed by atoms with van der Waals surface area (Å²) in [5.74, 6) is 0.388. The lowest BCUT2D eigenvalue weighted by Crippen LogP contribution is -2.22. The maximum Gasteiger partial charge on any atom is 0.119 e. The quantitative estimate of drug-likeness (QED) is 0.505. The highest BCUT2D eigenvalue weighted by molar-refractivity contribution is 7.48. The van der Waals surface area contributed by atoms with Gasteiger partial charge in [-0.25, -0.2) is 0 Å². The lowest BCUT2D eigenvalue weighted by atomic mass is 9.93. The first-order chi connectivity index (χ1) is 13.5. The van der Waals surface area contributed by atoms with E-state index in [2.05, 4.69) is 74.6 Å². The summed E-state index contributed by atoms with van der Waals surface area (Å²) in [6, 6.07) is 23.1. The van der Waals surface area contributed by atoms with Crippen LogP contribution < -0.4 is 10.6 Å². The van der Waals surface area contributed by atoms with Crippen LogP contribution in [0.5, 0.6) is 5.75 Å². The Hall–Kier alpha value is -2.15. The van der Waals surface area contributed by atoms with Gasteiger partial charge in [-0.1, -0.05) is 82.6 Å². The van der Waals surface area contributed by atoms with Crippen LogP contribution in [0.4, 0.5) is 0 Å². The maximum atomic E-state index is 10.7. The van der Waals surface area contributed by atoms with E-state index in [-0.39, 0.29) is 5.16 Å². The van der Waals surface area contributed by atoms with Gasteiger partial charge in [0.25, 0.3) is 0 Å². The van der Waals surface area contributed by atoms with E-state index in [1.54, 1.807) is 0 Å². The Morgan fingerprint density at radius 1 is 0.964 bits per heavy atom. The van der Waals surface area contributed by atoms with E-state index in [0.29, 0.717) is 14.3 Å². The van der Waals surface area contributed by atoms with Crippen LogP contribution >= 0.6 is 8.58 Å². The average Bonchev–Trinajstić information content (AvgIpc) is 2.71. The molecule has 0 aromatic heterocycles. The summed E-state index contributed by atoms with van der Waals surface area (Å²) in [4.78, 5) is 0. The van der Waals surface area contributed by atoms with Crippen molar-refractivity contribution < 1.29 is 5.11 Å². The summed E-state index contributed by atoms with van der Waals surface area (Å²) in [5, 5.41) is 15.3. The average molecular weight is 391 g/mol. The van der Waals surface area contributed by atoms with Crippen LogP contribution in [-0.4, -0.2) is 12.2 Å². The smallest absolute Gasteiger partial charge is 0.119 e. The number of benzene rings is 3. The summed E-state index contributed by atoms with van der Waals surface area (Å²) < 4.78 is 0. The Morgan fingerprint density at radius 2 is 1.71 bits per heavy atom. The van der Waals surface area contributed by atoms with Gasteiger partial charge in [0.1, 0.15) is 5.75 Å². The van der Waals surface area contributed by atoms with Crippen molar-refractivity contribution in [3.05, 3.63) is 83.4 Å². The fourth-order valence-corrected chi connectivity index (χ4v) is 5.21. The normalized spacial score (nSPS) is 13.7. The third kappa shape index (κ3) is 4.46. The van der Waals surface area contributed by atoms with Crippen LogP contribution in [0, 0.1) is 6.92 Å². The predicted octanol–water partition coefficient (Wildman–Crippen LogP) is 5.72. The lowest BCUT2D eigenvalue weighted by Gasteiger charge is -2.31. The van der Waals surface area contributed by atoms with Crippen LogP contribution in [0.3, 0.4) is 0 Å². The molecule has 2 nitrogen and oxygen atoms in total. The topological polar surface area (TPSA) is 32.3 Å². The zero-order valence-electron chi connectivity index (χ0n) is 17.2. The molecule has 0 aliphatic heterocycles. The van der Waals surface area contributed by atoms with Crippen molar-refractivity contribution in [2.75, 3.05) is 7.05 Å². The van der Waals surface area contributed by atoms with Gasteiger partial charge in [-0.15, -0.1) is 0 Å². The zero-order chi connectivity index (χ0) is 20.1. The fourth-order valence-electron chi connectivity index (χ4n) is 3.61. The summed E-state index contributed by atoms with van der Waals surface area (Å²) in [5.41, 5.74) is 5.99. The molecule has 0 amide bonds. The third-order valence-electron chi connectivity index (χ3n) is 5.44. The minimum Gasteiger partial charge on any atom is -0.508 e. The first-order valence-electron chi connectivity index (χ1n) is 9.88. The van der Waals surface area contributed by atoms with Crippen molar-refractivity contribution in [2.24, 2.45) is 0 Å². The summed E-state index contributed by atoms with van der Waals surface area (Å²) >= 11 is 0. The maximum absolute atomic E-state index is 10.7. The number of hydrogen-bond acceptors (Lipinski definition) is 2. The summed E-state index contributed by atoms with van der Waals surface area (Å²) in [6.45, 7) is 7.49. The number of hydrogen-bond donors (Lipinski definition) is 2.